The largest absolute Gasteiger partial charge is 0.481 e. The topological polar surface area (TPSA) is 83.9 Å². The zero-order chi connectivity index (χ0) is 12.5. The van der Waals surface area contributed by atoms with Crippen LogP contribution in [0.25, 0.3) is 0 Å². The lowest BCUT2D eigenvalue weighted by molar-refractivity contribution is -0.137. The lowest BCUT2D eigenvalue weighted by atomic mass is 10.2. The van der Waals surface area contributed by atoms with Crippen molar-refractivity contribution in [3.63, 3.8) is 0 Å². The number of ether oxygens (including phenoxy) is 1. The van der Waals surface area contributed by atoms with E-state index < -0.39 is 16.0 Å². The van der Waals surface area contributed by atoms with Crippen LogP contribution in [0.2, 0.25) is 0 Å². The Labute approximate surface area is 101 Å². The third-order valence-corrected chi connectivity index (χ3v) is 5.09. The Morgan fingerprint density at radius 2 is 1.88 bits per heavy atom. The van der Waals surface area contributed by atoms with Crippen LogP contribution in [0, 0.1) is 0 Å². The molecule has 0 amide bonds. The molecule has 1 N–H and O–H groups in total. The fourth-order valence-electron chi connectivity index (χ4n) is 2.34. The summed E-state index contributed by atoms with van der Waals surface area (Å²) < 4.78 is 31.0. The highest BCUT2D eigenvalue weighted by molar-refractivity contribution is 7.89. The van der Waals surface area contributed by atoms with Gasteiger partial charge in [0.1, 0.15) is 0 Å². The van der Waals surface area contributed by atoms with Gasteiger partial charge in [0.25, 0.3) is 0 Å². The summed E-state index contributed by atoms with van der Waals surface area (Å²) in [5, 5.41) is 8.49. The highest BCUT2D eigenvalue weighted by Gasteiger charge is 2.38. The Bertz CT molecular complexity index is 382. The molecule has 2 saturated heterocycles. The van der Waals surface area contributed by atoms with E-state index in [9.17, 15) is 13.2 Å². The van der Waals surface area contributed by atoms with E-state index in [2.05, 4.69) is 0 Å². The van der Waals surface area contributed by atoms with Gasteiger partial charge in [-0.1, -0.05) is 0 Å². The van der Waals surface area contributed by atoms with Gasteiger partial charge >= 0.3 is 5.97 Å². The number of nitrogens with zero attached hydrogens (tertiary/aromatic N) is 1. The predicted molar refractivity (Wildman–Crippen MR) is 60.1 cm³/mol. The van der Waals surface area contributed by atoms with E-state index in [1.807, 2.05) is 0 Å². The minimum Gasteiger partial charge on any atom is -0.481 e. The normalized spacial score (nSPS) is 29.4. The minimum absolute atomic E-state index is 0.0306. The average molecular weight is 263 g/mol. The van der Waals surface area contributed by atoms with Gasteiger partial charge in [-0.3, -0.25) is 4.79 Å². The highest BCUT2D eigenvalue weighted by Crippen LogP contribution is 2.27. The summed E-state index contributed by atoms with van der Waals surface area (Å²) in [5.41, 5.74) is 0. The monoisotopic (exact) mass is 263 g/mol. The van der Waals surface area contributed by atoms with E-state index in [4.69, 9.17) is 9.84 Å². The second-order valence-corrected chi connectivity index (χ2v) is 6.68. The van der Waals surface area contributed by atoms with Crippen LogP contribution in [0.4, 0.5) is 0 Å². The number of rotatable bonds is 5. The van der Waals surface area contributed by atoms with Crippen molar-refractivity contribution in [3.05, 3.63) is 0 Å². The zero-order valence-corrected chi connectivity index (χ0v) is 10.4. The van der Waals surface area contributed by atoms with Crippen molar-refractivity contribution >= 4 is 16.0 Å². The van der Waals surface area contributed by atoms with E-state index >= 15 is 0 Å². The Morgan fingerprint density at radius 1 is 1.29 bits per heavy atom. The van der Waals surface area contributed by atoms with Gasteiger partial charge in [0, 0.05) is 19.5 Å². The molecule has 2 fully saturated rings. The van der Waals surface area contributed by atoms with Gasteiger partial charge in [0.15, 0.2) is 0 Å². The van der Waals surface area contributed by atoms with Crippen molar-refractivity contribution in [1.29, 1.82) is 0 Å². The zero-order valence-electron chi connectivity index (χ0n) is 9.54. The first-order chi connectivity index (χ1) is 7.97. The van der Waals surface area contributed by atoms with Gasteiger partial charge in [0.2, 0.25) is 10.0 Å². The number of sulfonamides is 1. The number of aliphatic carboxylic acids is 1. The first-order valence-electron chi connectivity index (χ1n) is 5.82. The molecule has 2 aliphatic heterocycles. The van der Waals surface area contributed by atoms with E-state index in [0.29, 0.717) is 13.1 Å². The van der Waals surface area contributed by atoms with E-state index in [1.54, 1.807) is 0 Å². The summed E-state index contributed by atoms with van der Waals surface area (Å²) in [6.45, 7) is 0.845. The number of hydrogen-bond donors (Lipinski definition) is 1. The van der Waals surface area contributed by atoms with Crippen LogP contribution in [-0.4, -0.2) is 54.8 Å². The second kappa shape index (κ2) is 4.91. The third kappa shape index (κ3) is 3.17. The quantitative estimate of drug-likeness (QED) is 0.757. The smallest absolute Gasteiger partial charge is 0.303 e. The molecule has 6 nitrogen and oxygen atoms in total. The van der Waals surface area contributed by atoms with Gasteiger partial charge in [0.05, 0.1) is 18.0 Å². The number of carboxylic acid groups (broad SMARTS) is 1. The highest BCUT2D eigenvalue weighted by atomic mass is 32.2. The molecule has 98 valence electrons. The molecule has 2 aliphatic rings. The van der Waals surface area contributed by atoms with Crippen molar-refractivity contribution < 1.29 is 23.1 Å². The Kier molecular flexibility index (Phi) is 3.70. The Balaban J connectivity index is 1.89. The molecule has 0 spiro atoms. The lowest BCUT2D eigenvalue weighted by Crippen LogP contribution is -2.46. The van der Waals surface area contributed by atoms with Crippen molar-refractivity contribution in [3.8, 4) is 0 Å². The molecule has 0 saturated carbocycles. The van der Waals surface area contributed by atoms with E-state index in [0.717, 1.165) is 12.8 Å². The molecule has 2 bridgehead atoms. The van der Waals surface area contributed by atoms with Crippen LogP contribution in [-0.2, 0) is 19.6 Å². The number of hydrogen-bond acceptors (Lipinski definition) is 4. The van der Waals surface area contributed by atoms with Gasteiger partial charge in [-0.15, -0.1) is 0 Å². The lowest BCUT2D eigenvalue weighted by Gasteiger charge is -2.31. The summed E-state index contributed by atoms with van der Waals surface area (Å²) in [6.07, 6.45) is 1.98. The molecule has 0 aromatic heterocycles. The molecular weight excluding hydrogens is 246 g/mol. The van der Waals surface area contributed by atoms with Gasteiger partial charge in [-0.05, 0) is 19.3 Å². The third-order valence-electron chi connectivity index (χ3n) is 3.20. The summed E-state index contributed by atoms with van der Waals surface area (Å²) in [7, 11) is -3.31. The Hall–Kier alpha value is -0.660. The second-order valence-electron chi connectivity index (χ2n) is 4.59. The summed E-state index contributed by atoms with van der Waals surface area (Å²) in [4.78, 5) is 10.3. The summed E-state index contributed by atoms with van der Waals surface area (Å²) in [5.74, 6) is -1.04. The van der Waals surface area contributed by atoms with Gasteiger partial charge < -0.3 is 9.84 Å². The average Bonchev–Trinajstić information content (AvgIpc) is 2.56. The predicted octanol–water partition coefficient (Wildman–Crippen LogP) is 0.0442. The van der Waals surface area contributed by atoms with Crippen LogP contribution in [0.1, 0.15) is 25.7 Å². The van der Waals surface area contributed by atoms with Crippen molar-refractivity contribution in [1.82, 2.24) is 4.31 Å². The first-order valence-corrected chi connectivity index (χ1v) is 7.43. The van der Waals surface area contributed by atoms with E-state index in [1.165, 1.54) is 4.31 Å². The molecule has 7 heteroatoms. The van der Waals surface area contributed by atoms with Crippen molar-refractivity contribution in [2.75, 3.05) is 18.8 Å². The summed E-state index contributed by atoms with van der Waals surface area (Å²) in [6, 6.07) is 0. The molecule has 0 aromatic rings. The van der Waals surface area contributed by atoms with E-state index in [-0.39, 0.29) is 30.8 Å². The standard InChI is InChI=1S/C10H17NO5S/c12-10(13)2-1-5-17(14,15)11-6-8-3-4-9(7-11)16-8/h8-9H,1-7H2,(H,12,13). The molecule has 2 rings (SSSR count). The van der Waals surface area contributed by atoms with Crippen molar-refractivity contribution in [2.45, 2.75) is 37.9 Å². The van der Waals surface area contributed by atoms with Crippen LogP contribution in [0.15, 0.2) is 0 Å². The van der Waals surface area contributed by atoms with Crippen molar-refractivity contribution in [2.24, 2.45) is 0 Å². The molecule has 2 atom stereocenters. The van der Waals surface area contributed by atoms with Gasteiger partial charge in [-0.25, -0.2) is 8.42 Å². The maximum absolute atomic E-state index is 12.0. The Morgan fingerprint density at radius 3 is 2.41 bits per heavy atom. The first kappa shape index (κ1) is 12.8. The summed E-state index contributed by atoms with van der Waals surface area (Å²) >= 11 is 0. The van der Waals surface area contributed by atoms with Crippen LogP contribution in [0.5, 0.6) is 0 Å². The maximum atomic E-state index is 12.0. The van der Waals surface area contributed by atoms with Crippen LogP contribution in [0.3, 0.4) is 0 Å². The van der Waals surface area contributed by atoms with Gasteiger partial charge in [-0.2, -0.15) is 4.31 Å². The fourth-order valence-corrected chi connectivity index (χ4v) is 3.89. The maximum Gasteiger partial charge on any atom is 0.303 e. The van der Waals surface area contributed by atoms with Crippen LogP contribution >= 0.6 is 0 Å². The SMILES string of the molecule is O=C(O)CCCS(=O)(=O)N1CC2CCC(C1)O2. The molecule has 0 aliphatic carbocycles. The molecule has 0 aromatic carbocycles. The molecule has 0 radical (unpaired) electrons. The number of fused-ring (bicyclic) bond motifs is 2. The molecule has 2 unspecified atom stereocenters. The molecular formula is C10H17NO5S. The number of morpholine rings is 1. The fraction of sp³-hybridized carbons (Fsp3) is 0.900. The minimum atomic E-state index is -3.31. The van der Waals surface area contributed by atoms with Crippen LogP contribution < -0.4 is 0 Å². The molecule has 17 heavy (non-hydrogen) atoms. The number of carboxylic acids is 1. The number of carbonyl (C=O) groups is 1. The molecule has 2 heterocycles.